The maximum Gasteiger partial charge on any atom is 0.305 e. The minimum absolute atomic E-state index is 0.0420. The fourth-order valence-corrected chi connectivity index (χ4v) is 1.65. The molecule has 1 atom stereocenters. The smallest absolute Gasteiger partial charge is 0.305 e. The van der Waals surface area contributed by atoms with Crippen LogP contribution in [0.1, 0.15) is 33.1 Å². The summed E-state index contributed by atoms with van der Waals surface area (Å²) in [6.07, 6.45) is 1.54. The topological polar surface area (TPSA) is 81.7 Å². The summed E-state index contributed by atoms with van der Waals surface area (Å²) in [6.45, 7) is 3.73. The van der Waals surface area contributed by atoms with Crippen LogP contribution in [0.5, 0.6) is 0 Å². The number of nitrogens with one attached hydrogen (secondary N) is 1. The Morgan fingerprint density at radius 2 is 2.11 bits per heavy atom. The van der Waals surface area contributed by atoms with Gasteiger partial charge in [-0.05, 0) is 12.3 Å². The fourth-order valence-electron chi connectivity index (χ4n) is 1.65. The molecule has 19 heavy (non-hydrogen) atoms. The first-order valence-electron chi connectivity index (χ1n) is 6.23. The number of ketones is 1. The molecule has 6 heteroatoms. The standard InChI is InChI=1S/C13H19NO5/c1-8(2)12-13(17)14-10(19-12)7-9(15)5-4-6-11(16)18-3/h7-8,12H,4-6H2,1-3H3,(H,14,17)/b10-7+/t12-/m0/s1. The van der Waals surface area contributed by atoms with E-state index in [0.717, 1.165) is 0 Å². The van der Waals surface area contributed by atoms with Crippen molar-refractivity contribution in [2.45, 2.75) is 39.2 Å². The third kappa shape index (κ3) is 4.73. The molecule has 6 nitrogen and oxygen atoms in total. The number of rotatable bonds is 6. The molecule has 0 aromatic rings. The van der Waals surface area contributed by atoms with E-state index in [1.165, 1.54) is 13.2 Å². The molecular weight excluding hydrogens is 250 g/mol. The number of hydrogen-bond acceptors (Lipinski definition) is 5. The highest BCUT2D eigenvalue weighted by molar-refractivity contribution is 5.92. The largest absolute Gasteiger partial charge is 0.469 e. The molecule has 1 amide bonds. The lowest BCUT2D eigenvalue weighted by Crippen LogP contribution is -2.27. The second kappa shape index (κ2) is 6.92. The maximum atomic E-state index is 11.6. The van der Waals surface area contributed by atoms with Crippen LogP contribution in [-0.2, 0) is 23.9 Å². The Kier molecular flexibility index (Phi) is 5.54. The van der Waals surface area contributed by atoms with Crippen molar-refractivity contribution in [1.29, 1.82) is 0 Å². The zero-order valence-corrected chi connectivity index (χ0v) is 11.4. The lowest BCUT2D eigenvalue weighted by molar-refractivity contribution is -0.140. The van der Waals surface area contributed by atoms with Crippen molar-refractivity contribution < 1.29 is 23.9 Å². The van der Waals surface area contributed by atoms with Gasteiger partial charge < -0.3 is 9.47 Å². The summed E-state index contributed by atoms with van der Waals surface area (Å²) in [5.41, 5.74) is 0. The van der Waals surface area contributed by atoms with Crippen molar-refractivity contribution >= 4 is 17.7 Å². The van der Waals surface area contributed by atoms with Crippen LogP contribution >= 0.6 is 0 Å². The highest BCUT2D eigenvalue weighted by atomic mass is 16.5. The van der Waals surface area contributed by atoms with Crippen LogP contribution in [0.3, 0.4) is 0 Å². The van der Waals surface area contributed by atoms with E-state index in [-0.39, 0.29) is 42.3 Å². The second-order valence-corrected chi connectivity index (χ2v) is 4.68. The Balaban J connectivity index is 2.41. The molecule has 1 heterocycles. The van der Waals surface area contributed by atoms with Crippen LogP contribution in [0.4, 0.5) is 0 Å². The van der Waals surface area contributed by atoms with Gasteiger partial charge in [0.1, 0.15) is 0 Å². The van der Waals surface area contributed by atoms with Crippen LogP contribution in [0.2, 0.25) is 0 Å². The Labute approximate surface area is 112 Å². The van der Waals surface area contributed by atoms with Gasteiger partial charge in [-0.3, -0.25) is 19.7 Å². The minimum atomic E-state index is -0.547. The van der Waals surface area contributed by atoms with Gasteiger partial charge in [-0.2, -0.15) is 0 Å². The van der Waals surface area contributed by atoms with Gasteiger partial charge in [0.15, 0.2) is 17.8 Å². The lowest BCUT2D eigenvalue weighted by atomic mass is 10.1. The first-order chi connectivity index (χ1) is 8.93. The van der Waals surface area contributed by atoms with E-state index in [4.69, 9.17) is 4.74 Å². The lowest BCUT2D eigenvalue weighted by Gasteiger charge is -2.10. The summed E-state index contributed by atoms with van der Waals surface area (Å²) in [7, 11) is 1.31. The van der Waals surface area contributed by atoms with E-state index in [9.17, 15) is 14.4 Å². The van der Waals surface area contributed by atoms with Gasteiger partial charge in [-0.15, -0.1) is 0 Å². The van der Waals surface area contributed by atoms with Gasteiger partial charge in [0, 0.05) is 18.9 Å². The Hall–Kier alpha value is -1.85. The van der Waals surface area contributed by atoms with Crippen molar-refractivity contribution in [2.75, 3.05) is 7.11 Å². The molecular formula is C13H19NO5. The SMILES string of the molecule is COC(=O)CCCC(=O)/C=C1\NC(=O)[C@H](C(C)C)O1. The molecule has 0 spiro atoms. The molecule has 0 aromatic heterocycles. The number of methoxy groups -OCH3 is 1. The van der Waals surface area contributed by atoms with E-state index in [1.54, 1.807) is 0 Å². The molecule has 1 rings (SSSR count). The summed E-state index contributed by atoms with van der Waals surface area (Å²) in [5.74, 6) is -0.537. The molecule has 106 valence electrons. The number of esters is 1. The first kappa shape index (κ1) is 15.2. The highest BCUT2D eigenvalue weighted by Crippen LogP contribution is 2.17. The summed E-state index contributed by atoms with van der Waals surface area (Å²) in [4.78, 5) is 34.0. The molecule has 0 bridgehead atoms. The predicted octanol–water partition coefficient (Wildman–Crippen LogP) is 0.911. The van der Waals surface area contributed by atoms with Crippen molar-refractivity contribution in [3.63, 3.8) is 0 Å². The monoisotopic (exact) mass is 269 g/mol. The summed E-state index contributed by atoms with van der Waals surface area (Å²) in [6, 6.07) is 0. The summed E-state index contributed by atoms with van der Waals surface area (Å²) >= 11 is 0. The average Bonchev–Trinajstić information content (AvgIpc) is 2.70. The third-order valence-electron chi connectivity index (χ3n) is 2.69. The summed E-state index contributed by atoms with van der Waals surface area (Å²) in [5, 5.41) is 2.51. The predicted molar refractivity (Wildman–Crippen MR) is 66.8 cm³/mol. The molecule has 1 aliphatic heterocycles. The number of allylic oxidation sites excluding steroid dienone is 1. The van der Waals surface area contributed by atoms with Crippen molar-refractivity contribution in [2.24, 2.45) is 5.92 Å². The van der Waals surface area contributed by atoms with E-state index >= 15 is 0 Å². The Morgan fingerprint density at radius 3 is 2.63 bits per heavy atom. The summed E-state index contributed by atoms with van der Waals surface area (Å²) < 4.78 is 9.81. The average molecular weight is 269 g/mol. The number of amides is 1. The van der Waals surface area contributed by atoms with Crippen LogP contribution < -0.4 is 5.32 Å². The van der Waals surface area contributed by atoms with Gasteiger partial charge in [0.05, 0.1) is 7.11 Å². The van der Waals surface area contributed by atoms with Crippen molar-refractivity contribution in [1.82, 2.24) is 5.32 Å². The molecule has 0 unspecified atom stereocenters. The Morgan fingerprint density at radius 1 is 1.42 bits per heavy atom. The van der Waals surface area contributed by atoms with E-state index < -0.39 is 6.10 Å². The highest BCUT2D eigenvalue weighted by Gasteiger charge is 2.32. The van der Waals surface area contributed by atoms with Gasteiger partial charge in [0.25, 0.3) is 5.91 Å². The quantitative estimate of drug-likeness (QED) is 0.572. The van der Waals surface area contributed by atoms with E-state index in [1.807, 2.05) is 13.8 Å². The molecule has 1 saturated heterocycles. The van der Waals surface area contributed by atoms with Gasteiger partial charge in [0.2, 0.25) is 0 Å². The van der Waals surface area contributed by atoms with Crippen LogP contribution in [0.25, 0.3) is 0 Å². The van der Waals surface area contributed by atoms with Crippen LogP contribution in [0, 0.1) is 5.92 Å². The van der Waals surface area contributed by atoms with E-state index in [2.05, 4.69) is 10.1 Å². The zero-order chi connectivity index (χ0) is 14.4. The number of hydrogen-bond donors (Lipinski definition) is 1. The number of ether oxygens (including phenoxy) is 2. The number of carbonyl (C=O) groups excluding carboxylic acids is 3. The van der Waals surface area contributed by atoms with Crippen molar-refractivity contribution in [3.05, 3.63) is 12.0 Å². The molecule has 0 aromatic carbocycles. The second-order valence-electron chi connectivity index (χ2n) is 4.68. The zero-order valence-electron chi connectivity index (χ0n) is 11.4. The van der Waals surface area contributed by atoms with Gasteiger partial charge >= 0.3 is 5.97 Å². The molecule has 1 aliphatic rings. The number of carbonyl (C=O) groups is 3. The maximum absolute atomic E-state index is 11.6. The Bertz CT molecular complexity index is 400. The fraction of sp³-hybridized carbons (Fsp3) is 0.615. The molecule has 1 N–H and O–H groups in total. The minimum Gasteiger partial charge on any atom is -0.469 e. The van der Waals surface area contributed by atoms with E-state index in [0.29, 0.717) is 6.42 Å². The van der Waals surface area contributed by atoms with Gasteiger partial charge in [-0.25, -0.2) is 0 Å². The molecule has 0 aliphatic carbocycles. The van der Waals surface area contributed by atoms with Crippen LogP contribution in [-0.4, -0.2) is 30.9 Å². The molecule has 0 radical (unpaired) electrons. The normalized spacial score (nSPS) is 20.3. The first-order valence-corrected chi connectivity index (χ1v) is 6.23. The van der Waals surface area contributed by atoms with Crippen molar-refractivity contribution in [3.8, 4) is 0 Å². The molecule has 0 saturated carbocycles. The van der Waals surface area contributed by atoms with Gasteiger partial charge in [-0.1, -0.05) is 13.8 Å². The molecule has 1 fully saturated rings. The third-order valence-corrected chi connectivity index (χ3v) is 2.69. The van der Waals surface area contributed by atoms with Crippen LogP contribution in [0.15, 0.2) is 12.0 Å².